The molecule has 0 saturated heterocycles. The minimum absolute atomic E-state index is 0.101. The summed E-state index contributed by atoms with van der Waals surface area (Å²) in [5.74, 6) is -0.989. The van der Waals surface area contributed by atoms with Crippen LogP contribution in [0, 0.1) is 0 Å². The molecule has 1 aromatic heterocycles. The Bertz CT molecular complexity index is 1460. The Kier molecular flexibility index (Phi) is 5.16. The second-order valence-corrected chi connectivity index (χ2v) is 7.81. The summed E-state index contributed by atoms with van der Waals surface area (Å²) in [7, 11) is 0. The molecule has 1 aliphatic rings. The van der Waals surface area contributed by atoms with Crippen LogP contribution in [-0.4, -0.2) is 23.0 Å². The number of carbonyl (C=O) groups excluding carboxylic acids is 2. The summed E-state index contributed by atoms with van der Waals surface area (Å²) >= 11 is 0. The van der Waals surface area contributed by atoms with Gasteiger partial charge in [-0.25, -0.2) is 5.43 Å². The summed E-state index contributed by atoms with van der Waals surface area (Å²) in [5.41, 5.74) is 5.34. The molecule has 3 N–H and O–H groups in total. The maximum Gasteiger partial charge on any atom is 0.416 e. The zero-order valence-corrected chi connectivity index (χ0v) is 17.5. The molecule has 0 spiro atoms. The van der Waals surface area contributed by atoms with Crippen LogP contribution in [0.25, 0.3) is 22.2 Å². The molecular weight excluding hydrogens is 445 g/mol. The molecule has 0 saturated carbocycles. The lowest BCUT2D eigenvalue weighted by Gasteiger charge is -2.10. The molecule has 1 aliphatic heterocycles. The second-order valence-electron chi connectivity index (χ2n) is 7.81. The molecule has 0 bridgehead atoms. The maximum atomic E-state index is 13.0. The van der Waals surface area contributed by atoms with Gasteiger partial charge in [0.15, 0.2) is 0 Å². The number of amides is 2. The van der Waals surface area contributed by atoms with E-state index in [0.29, 0.717) is 22.0 Å². The van der Waals surface area contributed by atoms with Crippen LogP contribution in [0.15, 0.2) is 71.8 Å². The van der Waals surface area contributed by atoms with Crippen molar-refractivity contribution in [2.45, 2.75) is 12.7 Å². The van der Waals surface area contributed by atoms with Crippen molar-refractivity contribution < 1.29 is 22.8 Å². The van der Waals surface area contributed by atoms with Crippen LogP contribution >= 0.6 is 0 Å². The van der Waals surface area contributed by atoms with Gasteiger partial charge in [-0.2, -0.15) is 18.3 Å². The highest BCUT2D eigenvalue weighted by molar-refractivity contribution is 6.18. The van der Waals surface area contributed by atoms with E-state index in [1.807, 2.05) is 30.3 Å². The summed E-state index contributed by atoms with van der Waals surface area (Å²) in [5, 5.41) is 7.25. The van der Waals surface area contributed by atoms with E-state index in [0.717, 1.165) is 23.4 Å². The van der Waals surface area contributed by atoms with Crippen LogP contribution in [0.5, 0.6) is 0 Å². The molecule has 34 heavy (non-hydrogen) atoms. The largest absolute Gasteiger partial charge is 0.416 e. The summed E-state index contributed by atoms with van der Waals surface area (Å²) < 4.78 is 38.9. The first-order chi connectivity index (χ1) is 16.3. The highest BCUT2D eigenvalue weighted by Gasteiger charge is 2.30. The van der Waals surface area contributed by atoms with Crippen molar-refractivity contribution in [2.75, 3.05) is 0 Å². The number of carbonyl (C=O) groups is 2. The van der Waals surface area contributed by atoms with E-state index in [2.05, 4.69) is 20.8 Å². The van der Waals surface area contributed by atoms with Gasteiger partial charge < -0.3 is 10.3 Å². The molecule has 3 aromatic carbocycles. The molecule has 2 amide bonds. The van der Waals surface area contributed by atoms with Crippen molar-refractivity contribution in [3.63, 3.8) is 0 Å². The van der Waals surface area contributed by atoms with Gasteiger partial charge in [0.05, 0.1) is 23.0 Å². The first-order valence-corrected chi connectivity index (χ1v) is 10.3. The van der Waals surface area contributed by atoms with Crippen LogP contribution in [0.4, 0.5) is 13.2 Å². The minimum atomic E-state index is -4.47. The Morgan fingerprint density at radius 3 is 2.56 bits per heavy atom. The number of hydrogen-bond donors (Lipinski definition) is 3. The zero-order valence-electron chi connectivity index (χ0n) is 17.5. The standard InChI is InChI=1S/C25H17F3N4O2/c26-25(27,28)17-8-4-5-14(9-17)12-29-23(33)16-10-18-21-19(13-30-32-24(18)34)22(31-20(21)11-16)15-6-2-1-3-7-15/h1-11,13,31H,12H2,(H,29,33)(H,32,34). The minimum Gasteiger partial charge on any atom is -0.354 e. The molecule has 0 fully saturated rings. The fourth-order valence-electron chi connectivity index (χ4n) is 3.99. The third-order valence-corrected chi connectivity index (χ3v) is 5.57. The van der Waals surface area contributed by atoms with E-state index in [-0.39, 0.29) is 17.7 Å². The summed E-state index contributed by atoms with van der Waals surface area (Å²) in [6, 6.07) is 17.3. The average molecular weight is 462 g/mol. The number of aromatic nitrogens is 1. The van der Waals surface area contributed by atoms with E-state index < -0.39 is 23.6 Å². The third-order valence-electron chi connectivity index (χ3n) is 5.57. The number of nitrogens with one attached hydrogen (secondary N) is 3. The van der Waals surface area contributed by atoms with E-state index in [1.54, 1.807) is 12.3 Å². The zero-order chi connectivity index (χ0) is 23.9. The highest BCUT2D eigenvalue weighted by Crippen LogP contribution is 2.33. The number of halogens is 3. The fourth-order valence-corrected chi connectivity index (χ4v) is 3.99. The van der Waals surface area contributed by atoms with Crippen molar-refractivity contribution in [2.24, 2.45) is 5.10 Å². The normalized spacial score (nSPS) is 13.0. The van der Waals surface area contributed by atoms with Gasteiger partial charge in [0.1, 0.15) is 0 Å². The molecule has 170 valence electrons. The van der Waals surface area contributed by atoms with Gasteiger partial charge in [-0.05, 0) is 35.4 Å². The van der Waals surface area contributed by atoms with Crippen LogP contribution < -0.4 is 10.7 Å². The SMILES string of the molecule is O=C(NCc1cccc(C(F)(F)F)c1)c1cc2c3c(c(-c4ccccc4)[nH]c3c1)C=NNC2=O. The molecule has 0 atom stereocenters. The molecule has 4 aromatic rings. The summed E-state index contributed by atoms with van der Waals surface area (Å²) in [6.07, 6.45) is -2.91. The monoisotopic (exact) mass is 462 g/mol. The van der Waals surface area contributed by atoms with E-state index in [4.69, 9.17) is 0 Å². The number of alkyl halides is 3. The Hall–Kier alpha value is -4.40. The summed E-state index contributed by atoms with van der Waals surface area (Å²) in [4.78, 5) is 28.8. The van der Waals surface area contributed by atoms with Gasteiger partial charge in [-0.15, -0.1) is 0 Å². The van der Waals surface area contributed by atoms with Gasteiger partial charge >= 0.3 is 6.18 Å². The molecule has 0 unspecified atom stereocenters. The summed E-state index contributed by atoms with van der Waals surface area (Å²) in [6.45, 7) is -0.101. The average Bonchev–Trinajstić information content (AvgIpc) is 3.11. The first-order valence-electron chi connectivity index (χ1n) is 10.3. The van der Waals surface area contributed by atoms with Crippen LogP contribution in [0.1, 0.15) is 37.4 Å². The second kappa shape index (κ2) is 8.18. The first kappa shape index (κ1) is 21.4. The number of benzene rings is 3. The lowest BCUT2D eigenvalue weighted by atomic mass is 10.00. The number of hydrogen-bond acceptors (Lipinski definition) is 3. The van der Waals surface area contributed by atoms with Gasteiger partial charge in [0.25, 0.3) is 11.8 Å². The van der Waals surface area contributed by atoms with Crippen LogP contribution in [0.2, 0.25) is 0 Å². The fraction of sp³-hybridized carbons (Fsp3) is 0.0800. The molecule has 5 rings (SSSR count). The van der Waals surface area contributed by atoms with Crippen molar-refractivity contribution in [1.29, 1.82) is 0 Å². The molecule has 0 aliphatic carbocycles. The van der Waals surface area contributed by atoms with Crippen molar-refractivity contribution in [1.82, 2.24) is 15.7 Å². The molecule has 2 heterocycles. The lowest BCUT2D eigenvalue weighted by molar-refractivity contribution is -0.137. The van der Waals surface area contributed by atoms with Crippen LogP contribution in [0.3, 0.4) is 0 Å². The van der Waals surface area contributed by atoms with E-state index >= 15 is 0 Å². The molecule has 6 nitrogen and oxygen atoms in total. The lowest BCUT2D eigenvalue weighted by Crippen LogP contribution is -2.24. The van der Waals surface area contributed by atoms with Crippen molar-refractivity contribution in [3.05, 3.63) is 94.5 Å². The number of nitrogens with zero attached hydrogens (tertiary/aromatic N) is 1. The van der Waals surface area contributed by atoms with Gasteiger partial charge in [0.2, 0.25) is 0 Å². The Labute approximate surface area is 191 Å². The third kappa shape index (κ3) is 3.92. The van der Waals surface area contributed by atoms with E-state index in [9.17, 15) is 22.8 Å². The van der Waals surface area contributed by atoms with Crippen molar-refractivity contribution in [3.8, 4) is 11.3 Å². The van der Waals surface area contributed by atoms with E-state index in [1.165, 1.54) is 18.2 Å². The Balaban J connectivity index is 1.50. The number of rotatable bonds is 4. The number of hydrazone groups is 1. The highest BCUT2D eigenvalue weighted by atomic mass is 19.4. The number of H-pyrrole nitrogens is 1. The Morgan fingerprint density at radius 1 is 1.00 bits per heavy atom. The Morgan fingerprint density at radius 2 is 1.79 bits per heavy atom. The molecular formula is C25H17F3N4O2. The molecule has 0 radical (unpaired) electrons. The number of aromatic amines is 1. The smallest absolute Gasteiger partial charge is 0.354 e. The predicted octanol–water partition coefficient (Wildman–Crippen LogP) is 4.86. The maximum absolute atomic E-state index is 13.0. The van der Waals surface area contributed by atoms with Crippen molar-refractivity contribution >= 4 is 28.9 Å². The van der Waals surface area contributed by atoms with Gasteiger partial charge in [-0.1, -0.05) is 42.5 Å². The van der Waals surface area contributed by atoms with Gasteiger partial charge in [-0.3, -0.25) is 9.59 Å². The van der Waals surface area contributed by atoms with Gasteiger partial charge in [0, 0.05) is 28.6 Å². The predicted molar refractivity (Wildman–Crippen MR) is 121 cm³/mol. The molecule has 9 heteroatoms. The quantitative estimate of drug-likeness (QED) is 0.405. The van der Waals surface area contributed by atoms with Crippen LogP contribution in [-0.2, 0) is 12.7 Å². The topological polar surface area (TPSA) is 86.3 Å².